The van der Waals surface area contributed by atoms with Crippen LogP contribution in [-0.4, -0.2) is 4.98 Å². The minimum absolute atomic E-state index is 0.0367. The van der Waals surface area contributed by atoms with Crippen LogP contribution in [0.2, 0.25) is 0 Å². The minimum Gasteiger partial charge on any atom is -0.455 e. The topological polar surface area (TPSA) is 26.0 Å². The van der Waals surface area contributed by atoms with Gasteiger partial charge in [-0.2, -0.15) is 0 Å². The van der Waals surface area contributed by atoms with Crippen LogP contribution >= 0.6 is 0 Å². The Bertz CT molecular complexity index is 1530. The molecule has 5 aromatic rings. The number of rotatable bonds is 2. The molecule has 2 heterocycles. The van der Waals surface area contributed by atoms with Crippen LogP contribution in [0.1, 0.15) is 55.9 Å². The molecule has 0 fully saturated rings. The standard InChI is InChI=1S/C30H27NO/c1-17(2)19-14-15-31-25(16-19)26-18(3)10-11-20-21-12-13-24-27(29(21)32-28(20)26)22-8-6-7-9-23(22)30(24,4)5/h6-17H,1-5H3. The number of hydrogen-bond acceptors (Lipinski definition) is 2. The van der Waals surface area contributed by atoms with E-state index in [0.29, 0.717) is 5.92 Å². The zero-order chi connectivity index (χ0) is 22.2. The van der Waals surface area contributed by atoms with Gasteiger partial charge in [0.05, 0.1) is 5.69 Å². The molecule has 2 heteroatoms. The van der Waals surface area contributed by atoms with Crippen LogP contribution in [-0.2, 0) is 5.41 Å². The van der Waals surface area contributed by atoms with Crippen molar-refractivity contribution in [3.63, 3.8) is 0 Å². The highest BCUT2D eigenvalue weighted by Crippen LogP contribution is 2.52. The Balaban J connectivity index is 1.71. The summed E-state index contributed by atoms with van der Waals surface area (Å²) >= 11 is 0. The van der Waals surface area contributed by atoms with Gasteiger partial charge in [-0.15, -0.1) is 0 Å². The lowest BCUT2D eigenvalue weighted by Gasteiger charge is -2.21. The number of aryl methyl sites for hydroxylation is 1. The lowest BCUT2D eigenvalue weighted by molar-refractivity contribution is 0.653. The zero-order valence-electron chi connectivity index (χ0n) is 19.3. The molecule has 2 aromatic heterocycles. The van der Waals surface area contributed by atoms with Crippen molar-refractivity contribution in [3.05, 3.63) is 89.1 Å². The molecule has 0 spiro atoms. The van der Waals surface area contributed by atoms with Crippen molar-refractivity contribution >= 4 is 21.9 Å². The average Bonchev–Trinajstić information content (AvgIpc) is 3.27. The summed E-state index contributed by atoms with van der Waals surface area (Å²) in [5.41, 5.74) is 11.7. The van der Waals surface area contributed by atoms with E-state index in [1.165, 1.54) is 38.8 Å². The second kappa shape index (κ2) is 6.56. The highest BCUT2D eigenvalue weighted by molar-refractivity contribution is 6.14. The van der Waals surface area contributed by atoms with Crippen LogP contribution in [0, 0.1) is 6.92 Å². The van der Waals surface area contributed by atoms with Crippen LogP contribution in [0.3, 0.4) is 0 Å². The molecule has 6 rings (SSSR count). The van der Waals surface area contributed by atoms with Crippen LogP contribution in [0.15, 0.2) is 71.3 Å². The maximum Gasteiger partial charge on any atom is 0.145 e. The van der Waals surface area contributed by atoms with Crippen LogP contribution in [0.5, 0.6) is 0 Å². The Morgan fingerprint density at radius 1 is 0.812 bits per heavy atom. The molecule has 0 amide bonds. The summed E-state index contributed by atoms with van der Waals surface area (Å²) in [6, 6.07) is 22.0. The summed E-state index contributed by atoms with van der Waals surface area (Å²) in [6.07, 6.45) is 1.92. The van der Waals surface area contributed by atoms with E-state index < -0.39 is 0 Å². The van der Waals surface area contributed by atoms with Crippen LogP contribution in [0.25, 0.3) is 44.3 Å². The van der Waals surface area contributed by atoms with Gasteiger partial charge >= 0.3 is 0 Å². The number of aromatic nitrogens is 1. The van der Waals surface area contributed by atoms with Crippen molar-refractivity contribution in [1.29, 1.82) is 0 Å². The van der Waals surface area contributed by atoms with Gasteiger partial charge in [-0.05, 0) is 52.8 Å². The molecule has 3 aromatic carbocycles. The largest absolute Gasteiger partial charge is 0.455 e. The average molecular weight is 418 g/mol. The third kappa shape index (κ3) is 2.50. The van der Waals surface area contributed by atoms with Crippen molar-refractivity contribution in [2.45, 2.75) is 46.0 Å². The van der Waals surface area contributed by atoms with E-state index in [1.54, 1.807) is 0 Å². The summed E-state index contributed by atoms with van der Waals surface area (Å²) < 4.78 is 6.77. The van der Waals surface area contributed by atoms with Gasteiger partial charge in [0.15, 0.2) is 0 Å². The van der Waals surface area contributed by atoms with E-state index in [9.17, 15) is 0 Å². The molecule has 1 aliphatic carbocycles. The van der Waals surface area contributed by atoms with Gasteiger partial charge in [-0.25, -0.2) is 0 Å². The lowest BCUT2D eigenvalue weighted by Crippen LogP contribution is -2.14. The van der Waals surface area contributed by atoms with Crippen molar-refractivity contribution in [2.24, 2.45) is 0 Å². The van der Waals surface area contributed by atoms with E-state index in [0.717, 1.165) is 27.8 Å². The monoisotopic (exact) mass is 417 g/mol. The molecule has 0 N–H and O–H groups in total. The molecule has 0 atom stereocenters. The molecule has 0 unspecified atom stereocenters. The third-order valence-corrected chi connectivity index (χ3v) is 7.27. The summed E-state index contributed by atoms with van der Waals surface area (Å²) in [5, 5.41) is 2.33. The molecule has 32 heavy (non-hydrogen) atoms. The van der Waals surface area contributed by atoms with Crippen molar-refractivity contribution in [1.82, 2.24) is 4.98 Å². The number of hydrogen-bond donors (Lipinski definition) is 0. The quantitative estimate of drug-likeness (QED) is 0.288. The zero-order valence-corrected chi connectivity index (χ0v) is 19.3. The van der Waals surface area contributed by atoms with Gasteiger partial charge in [0, 0.05) is 33.5 Å². The van der Waals surface area contributed by atoms with Gasteiger partial charge < -0.3 is 4.42 Å². The van der Waals surface area contributed by atoms with Crippen LogP contribution in [0.4, 0.5) is 0 Å². The number of nitrogens with zero attached hydrogens (tertiary/aromatic N) is 1. The van der Waals surface area contributed by atoms with E-state index in [2.05, 4.69) is 95.3 Å². The normalized spacial score (nSPS) is 14.3. The molecule has 158 valence electrons. The first kappa shape index (κ1) is 19.3. The van der Waals surface area contributed by atoms with Gasteiger partial charge in [0.2, 0.25) is 0 Å². The smallest absolute Gasteiger partial charge is 0.145 e. The molecule has 0 saturated carbocycles. The minimum atomic E-state index is -0.0367. The van der Waals surface area contributed by atoms with E-state index >= 15 is 0 Å². The maximum atomic E-state index is 6.77. The fourth-order valence-corrected chi connectivity index (χ4v) is 5.44. The number of fused-ring (bicyclic) bond motifs is 7. The third-order valence-electron chi connectivity index (χ3n) is 7.27. The molecule has 2 nitrogen and oxygen atoms in total. The first-order valence-corrected chi connectivity index (χ1v) is 11.4. The first-order chi connectivity index (χ1) is 15.4. The number of pyridine rings is 1. The summed E-state index contributed by atoms with van der Waals surface area (Å²) in [6.45, 7) is 11.2. The van der Waals surface area contributed by atoms with Crippen molar-refractivity contribution < 1.29 is 4.42 Å². The predicted octanol–water partition coefficient (Wildman–Crippen LogP) is 8.39. The van der Waals surface area contributed by atoms with Crippen LogP contribution < -0.4 is 0 Å². The number of furan rings is 1. The van der Waals surface area contributed by atoms with Crippen molar-refractivity contribution in [3.8, 4) is 22.4 Å². The summed E-state index contributed by atoms with van der Waals surface area (Å²) in [4.78, 5) is 4.74. The second-order valence-electron chi connectivity index (χ2n) is 9.90. The number of benzene rings is 3. The molecule has 1 aliphatic rings. The summed E-state index contributed by atoms with van der Waals surface area (Å²) in [5.74, 6) is 0.453. The highest BCUT2D eigenvalue weighted by atomic mass is 16.3. The second-order valence-corrected chi connectivity index (χ2v) is 9.90. The van der Waals surface area contributed by atoms with Gasteiger partial charge in [-0.1, -0.05) is 76.2 Å². The molecule has 0 bridgehead atoms. The highest BCUT2D eigenvalue weighted by Gasteiger charge is 2.37. The Kier molecular flexibility index (Phi) is 3.96. The summed E-state index contributed by atoms with van der Waals surface area (Å²) in [7, 11) is 0. The van der Waals surface area contributed by atoms with E-state index in [-0.39, 0.29) is 5.41 Å². The SMILES string of the molecule is Cc1ccc2c(oc3c4c(ccc32)C(C)(C)c2ccccc2-4)c1-c1cc(C(C)C)ccn1. The Morgan fingerprint density at radius 2 is 1.53 bits per heavy atom. The van der Waals surface area contributed by atoms with E-state index in [4.69, 9.17) is 9.40 Å². The van der Waals surface area contributed by atoms with Gasteiger partial charge in [0.25, 0.3) is 0 Å². The maximum absolute atomic E-state index is 6.77. The van der Waals surface area contributed by atoms with Crippen molar-refractivity contribution in [2.75, 3.05) is 0 Å². The Morgan fingerprint density at radius 3 is 2.31 bits per heavy atom. The fourth-order valence-electron chi connectivity index (χ4n) is 5.44. The molecule has 0 aliphatic heterocycles. The molecular formula is C30H27NO. The lowest BCUT2D eigenvalue weighted by atomic mass is 9.82. The predicted molar refractivity (Wildman–Crippen MR) is 133 cm³/mol. The fraction of sp³-hybridized carbons (Fsp3) is 0.233. The first-order valence-electron chi connectivity index (χ1n) is 11.4. The molecular weight excluding hydrogens is 390 g/mol. The van der Waals surface area contributed by atoms with E-state index in [1.807, 2.05) is 6.20 Å². The Labute approximate surface area is 188 Å². The molecule has 0 radical (unpaired) electrons. The Hall–Kier alpha value is -3.39. The van der Waals surface area contributed by atoms with Gasteiger partial charge in [0.1, 0.15) is 11.2 Å². The molecule has 0 saturated heterocycles. The van der Waals surface area contributed by atoms with Gasteiger partial charge in [-0.3, -0.25) is 4.98 Å².